The van der Waals surface area contributed by atoms with Crippen LogP contribution in [0, 0.1) is 6.92 Å². The zero-order chi connectivity index (χ0) is 13.4. The lowest BCUT2D eigenvalue weighted by molar-refractivity contribution is 0.0687. The van der Waals surface area contributed by atoms with Crippen molar-refractivity contribution >= 4 is 27.5 Å². The molecule has 5 heteroatoms. The average Bonchev–Trinajstić information content (AvgIpc) is 2.67. The molecule has 0 aliphatic rings. The van der Waals surface area contributed by atoms with Crippen LogP contribution in [0.4, 0.5) is 0 Å². The number of hydrogen-bond acceptors (Lipinski definition) is 2. The van der Waals surface area contributed by atoms with E-state index in [1.165, 1.54) is 0 Å². The molecular formula is C13H15BrN2O2. The second-order valence-corrected chi connectivity index (χ2v) is 5.35. The zero-order valence-electron chi connectivity index (χ0n) is 10.6. The number of pyridine rings is 1. The molecule has 2 aromatic rings. The summed E-state index contributed by atoms with van der Waals surface area (Å²) in [6.45, 7) is 5.99. The SMILES string of the molecule is CCC(C)c1nc2cc(C)c(Br)cn2c1C(=O)O. The summed E-state index contributed by atoms with van der Waals surface area (Å²) in [6.07, 6.45) is 2.64. The Morgan fingerprint density at radius 1 is 1.61 bits per heavy atom. The van der Waals surface area contributed by atoms with Crippen LogP contribution in [0.15, 0.2) is 16.7 Å². The minimum absolute atomic E-state index is 0.134. The van der Waals surface area contributed by atoms with E-state index in [0.717, 1.165) is 16.5 Å². The molecule has 4 nitrogen and oxygen atoms in total. The summed E-state index contributed by atoms with van der Waals surface area (Å²) in [4.78, 5) is 15.9. The number of carboxylic acid groups (broad SMARTS) is 1. The number of aromatic nitrogens is 2. The van der Waals surface area contributed by atoms with E-state index in [0.29, 0.717) is 11.3 Å². The van der Waals surface area contributed by atoms with Gasteiger partial charge < -0.3 is 5.11 Å². The molecule has 0 fully saturated rings. The summed E-state index contributed by atoms with van der Waals surface area (Å²) >= 11 is 3.42. The Labute approximate surface area is 114 Å². The monoisotopic (exact) mass is 310 g/mol. The summed E-state index contributed by atoms with van der Waals surface area (Å²) < 4.78 is 2.52. The highest BCUT2D eigenvalue weighted by Gasteiger charge is 2.22. The highest BCUT2D eigenvalue weighted by Crippen LogP contribution is 2.26. The number of aromatic carboxylic acids is 1. The normalized spacial score (nSPS) is 12.9. The van der Waals surface area contributed by atoms with Gasteiger partial charge in [-0.1, -0.05) is 13.8 Å². The predicted molar refractivity (Wildman–Crippen MR) is 73.3 cm³/mol. The Kier molecular flexibility index (Phi) is 3.43. The molecule has 2 rings (SSSR count). The number of imidazole rings is 1. The summed E-state index contributed by atoms with van der Waals surface area (Å²) in [6, 6.07) is 1.89. The first-order valence-electron chi connectivity index (χ1n) is 5.87. The molecule has 0 amide bonds. The van der Waals surface area contributed by atoms with Crippen molar-refractivity contribution in [2.45, 2.75) is 33.1 Å². The lowest BCUT2D eigenvalue weighted by atomic mass is 10.0. The first-order valence-corrected chi connectivity index (χ1v) is 6.66. The van der Waals surface area contributed by atoms with E-state index < -0.39 is 5.97 Å². The molecule has 1 atom stereocenters. The smallest absolute Gasteiger partial charge is 0.354 e. The number of nitrogens with zero attached hydrogens (tertiary/aromatic N) is 2. The molecule has 0 radical (unpaired) electrons. The molecule has 0 saturated heterocycles. The number of rotatable bonds is 3. The van der Waals surface area contributed by atoms with Crippen molar-refractivity contribution in [2.24, 2.45) is 0 Å². The van der Waals surface area contributed by atoms with Crippen molar-refractivity contribution in [3.05, 3.63) is 33.7 Å². The van der Waals surface area contributed by atoms with Crippen LogP contribution in [0.2, 0.25) is 0 Å². The number of halogens is 1. The van der Waals surface area contributed by atoms with Gasteiger partial charge in [0.1, 0.15) is 5.65 Å². The number of hydrogen-bond donors (Lipinski definition) is 1. The number of carboxylic acids is 1. The second-order valence-electron chi connectivity index (χ2n) is 4.49. The molecular weight excluding hydrogens is 296 g/mol. The first-order chi connectivity index (χ1) is 8.45. The van der Waals surface area contributed by atoms with Crippen LogP contribution in [0.25, 0.3) is 5.65 Å². The Hall–Kier alpha value is -1.36. The molecule has 1 unspecified atom stereocenters. The van der Waals surface area contributed by atoms with E-state index in [1.54, 1.807) is 10.6 Å². The molecule has 1 N–H and O–H groups in total. The fourth-order valence-corrected chi connectivity index (χ4v) is 2.25. The van der Waals surface area contributed by atoms with Gasteiger partial charge in [0, 0.05) is 16.6 Å². The Bertz CT molecular complexity index is 619. The van der Waals surface area contributed by atoms with Gasteiger partial charge in [0.05, 0.1) is 5.69 Å². The van der Waals surface area contributed by atoms with Gasteiger partial charge in [-0.25, -0.2) is 9.78 Å². The van der Waals surface area contributed by atoms with E-state index in [-0.39, 0.29) is 11.6 Å². The van der Waals surface area contributed by atoms with Crippen molar-refractivity contribution in [1.29, 1.82) is 0 Å². The summed E-state index contributed by atoms with van der Waals surface area (Å²) in [5, 5.41) is 9.38. The molecule has 0 aliphatic heterocycles. The average molecular weight is 311 g/mol. The molecule has 0 bridgehead atoms. The van der Waals surface area contributed by atoms with Crippen molar-refractivity contribution in [3.8, 4) is 0 Å². The third kappa shape index (κ3) is 2.03. The lowest BCUT2D eigenvalue weighted by Crippen LogP contribution is -2.07. The molecule has 0 aromatic carbocycles. The number of aryl methyl sites for hydroxylation is 1. The van der Waals surface area contributed by atoms with E-state index in [9.17, 15) is 9.90 Å². The van der Waals surface area contributed by atoms with Crippen LogP contribution < -0.4 is 0 Å². The predicted octanol–water partition coefficient (Wildman–Crippen LogP) is 3.62. The van der Waals surface area contributed by atoms with Crippen LogP contribution in [0.3, 0.4) is 0 Å². The number of fused-ring (bicyclic) bond motifs is 1. The Morgan fingerprint density at radius 3 is 2.83 bits per heavy atom. The van der Waals surface area contributed by atoms with E-state index in [1.807, 2.05) is 26.8 Å². The van der Waals surface area contributed by atoms with E-state index in [4.69, 9.17) is 0 Å². The highest BCUT2D eigenvalue weighted by molar-refractivity contribution is 9.10. The van der Waals surface area contributed by atoms with Crippen LogP contribution in [-0.2, 0) is 0 Å². The largest absolute Gasteiger partial charge is 0.477 e. The van der Waals surface area contributed by atoms with Gasteiger partial charge in [-0.2, -0.15) is 0 Å². The zero-order valence-corrected chi connectivity index (χ0v) is 12.2. The molecule has 0 spiro atoms. The summed E-state index contributed by atoms with van der Waals surface area (Å²) in [7, 11) is 0. The maximum absolute atomic E-state index is 11.4. The van der Waals surface area contributed by atoms with Crippen molar-refractivity contribution in [1.82, 2.24) is 9.38 Å². The van der Waals surface area contributed by atoms with Crippen molar-refractivity contribution < 1.29 is 9.90 Å². The van der Waals surface area contributed by atoms with Gasteiger partial charge in [-0.15, -0.1) is 0 Å². The standard InChI is InChI=1S/C13H15BrN2O2/c1-4-7(2)11-12(13(17)18)16-6-9(14)8(3)5-10(16)15-11/h5-7H,4H2,1-3H3,(H,17,18). The molecule has 0 aliphatic carbocycles. The molecule has 0 saturated carbocycles. The van der Waals surface area contributed by atoms with Gasteiger partial charge >= 0.3 is 5.97 Å². The Balaban J connectivity index is 2.79. The minimum atomic E-state index is -0.937. The quantitative estimate of drug-likeness (QED) is 0.942. The van der Waals surface area contributed by atoms with Crippen molar-refractivity contribution in [2.75, 3.05) is 0 Å². The second kappa shape index (κ2) is 4.72. The van der Waals surface area contributed by atoms with Crippen LogP contribution in [0.1, 0.15) is 47.9 Å². The van der Waals surface area contributed by atoms with Gasteiger partial charge in [0.2, 0.25) is 0 Å². The molecule has 2 heterocycles. The van der Waals surface area contributed by atoms with E-state index >= 15 is 0 Å². The third-order valence-electron chi connectivity index (χ3n) is 3.21. The van der Waals surface area contributed by atoms with Gasteiger partial charge in [-0.05, 0) is 40.9 Å². The highest BCUT2D eigenvalue weighted by atomic mass is 79.9. The van der Waals surface area contributed by atoms with Crippen LogP contribution >= 0.6 is 15.9 Å². The first kappa shape index (κ1) is 13.1. The summed E-state index contributed by atoms with van der Waals surface area (Å²) in [5.41, 5.74) is 2.64. The molecule has 96 valence electrons. The van der Waals surface area contributed by atoms with Gasteiger partial charge in [0.15, 0.2) is 5.69 Å². The van der Waals surface area contributed by atoms with Crippen LogP contribution in [0.5, 0.6) is 0 Å². The maximum Gasteiger partial charge on any atom is 0.354 e. The molecule has 2 aromatic heterocycles. The fourth-order valence-electron chi connectivity index (χ4n) is 1.93. The van der Waals surface area contributed by atoms with Crippen LogP contribution in [-0.4, -0.2) is 20.5 Å². The molecule has 18 heavy (non-hydrogen) atoms. The minimum Gasteiger partial charge on any atom is -0.477 e. The van der Waals surface area contributed by atoms with Crippen molar-refractivity contribution in [3.63, 3.8) is 0 Å². The van der Waals surface area contributed by atoms with Gasteiger partial charge in [-0.3, -0.25) is 4.40 Å². The van der Waals surface area contributed by atoms with E-state index in [2.05, 4.69) is 20.9 Å². The Morgan fingerprint density at radius 2 is 2.28 bits per heavy atom. The maximum atomic E-state index is 11.4. The fraction of sp³-hybridized carbons (Fsp3) is 0.385. The number of carbonyl (C=O) groups is 1. The lowest BCUT2D eigenvalue weighted by Gasteiger charge is -2.06. The van der Waals surface area contributed by atoms with Gasteiger partial charge in [0.25, 0.3) is 0 Å². The third-order valence-corrected chi connectivity index (χ3v) is 4.04. The summed E-state index contributed by atoms with van der Waals surface area (Å²) in [5.74, 6) is -0.802. The topological polar surface area (TPSA) is 54.6 Å².